The third-order valence-corrected chi connectivity index (χ3v) is 6.37. The highest BCUT2D eigenvalue weighted by atomic mass is 35.5. The van der Waals surface area contributed by atoms with Gasteiger partial charge in [0.2, 0.25) is 0 Å². The number of allylic oxidation sites excluding steroid dienone is 2. The average Bonchev–Trinajstić information content (AvgIpc) is 2.78. The number of H-pyrrole nitrogens is 1. The molecule has 0 fully saturated rings. The molecule has 1 aromatic heterocycles. The predicted octanol–water partition coefficient (Wildman–Crippen LogP) is 5.53. The number of benzene rings is 2. The molecule has 3 aromatic rings. The van der Waals surface area contributed by atoms with Crippen molar-refractivity contribution in [3.05, 3.63) is 85.4 Å². The summed E-state index contributed by atoms with van der Waals surface area (Å²) in [6, 6.07) is 12.4. The van der Waals surface area contributed by atoms with Gasteiger partial charge in [0.05, 0.1) is 10.9 Å². The second kappa shape index (κ2) is 9.62. The Bertz CT molecular complexity index is 1280. The van der Waals surface area contributed by atoms with Crippen LogP contribution in [0.5, 0.6) is 0 Å². The molecular formula is C24H24ClN3O2S. The number of fused-ring (bicyclic) bond motifs is 1. The Balaban J connectivity index is 1.53. The molecule has 7 heteroatoms. The molecule has 1 aliphatic carbocycles. The number of aromatic nitrogens is 2. The van der Waals surface area contributed by atoms with Gasteiger partial charge < -0.3 is 10.3 Å². The molecule has 0 atom stereocenters. The Morgan fingerprint density at radius 3 is 2.81 bits per heavy atom. The normalized spacial score (nSPS) is 13.8. The molecule has 0 spiro atoms. The average molecular weight is 454 g/mol. The van der Waals surface area contributed by atoms with Crippen LogP contribution in [-0.2, 0) is 13.1 Å². The van der Waals surface area contributed by atoms with E-state index in [1.54, 1.807) is 28.8 Å². The summed E-state index contributed by atoms with van der Waals surface area (Å²) in [6.07, 6.45) is 7.81. The molecule has 0 saturated carbocycles. The largest absolute Gasteiger partial charge is 0.348 e. The topological polar surface area (TPSA) is 66.9 Å². The fourth-order valence-electron chi connectivity index (χ4n) is 3.91. The van der Waals surface area contributed by atoms with E-state index in [1.165, 1.54) is 18.4 Å². The first-order valence-corrected chi connectivity index (χ1v) is 11.3. The molecule has 2 N–H and O–H groups in total. The second-order valence-electron chi connectivity index (χ2n) is 7.78. The lowest BCUT2D eigenvalue weighted by Crippen LogP contribution is -2.24. The summed E-state index contributed by atoms with van der Waals surface area (Å²) in [7, 11) is 0. The van der Waals surface area contributed by atoms with Crippen molar-refractivity contribution in [2.75, 3.05) is 0 Å². The number of amides is 1. The first-order chi connectivity index (χ1) is 15.0. The SMILES string of the molecule is O=C(NCc1ccccc1Cl)c1ccc2c(=O)n(CCC3=CCCCC3)c(=S)[nH]c2c1. The quantitative estimate of drug-likeness (QED) is 0.380. The van der Waals surface area contributed by atoms with E-state index in [2.05, 4.69) is 16.4 Å². The minimum Gasteiger partial charge on any atom is -0.348 e. The maximum atomic E-state index is 13.0. The molecule has 0 bridgehead atoms. The molecule has 0 saturated heterocycles. The van der Waals surface area contributed by atoms with Crippen molar-refractivity contribution >= 4 is 40.6 Å². The van der Waals surface area contributed by atoms with Gasteiger partial charge in [-0.1, -0.05) is 41.4 Å². The van der Waals surface area contributed by atoms with Crippen molar-refractivity contribution < 1.29 is 4.79 Å². The molecule has 5 nitrogen and oxygen atoms in total. The van der Waals surface area contributed by atoms with Crippen molar-refractivity contribution in [3.8, 4) is 0 Å². The number of rotatable bonds is 6. The van der Waals surface area contributed by atoms with E-state index in [0.29, 0.717) is 39.3 Å². The zero-order valence-electron chi connectivity index (χ0n) is 17.1. The number of nitrogens with zero attached hydrogens (tertiary/aromatic N) is 1. The van der Waals surface area contributed by atoms with Crippen LogP contribution < -0.4 is 10.9 Å². The number of nitrogens with one attached hydrogen (secondary N) is 2. The minimum absolute atomic E-state index is 0.127. The number of aromatic amines is 1. The van der Waals surface area contributed by atoms with Crippen LogP contribution in [0.4, 0.5) is 0 Å². The number of halogens is 1. The first kappa shape index (κ1) is 21.5. The zero-order chi connectivity index (χ0) is 21.8. The summed E-state index contributed by atoms with van der Waals surface area (Å²) in [5.41, 5.74) is 3.13. The van der Waals surface area contributed by atoms with Gasteiger partial charge in [0.15, 0.2) is 4.77 Å². The van der Waals surface area contributed by atoms with E-state index in [4.69, 9.17) is 23.8 Å². The third-order valence-electron chi connectivity index (χ3n) is 5.68. The van der Waals surface area contributed by atoms with Crippen LogP contribution in [0.3, 0.4) is 0 Å². The summed E-state index contributed by atoms with van der Waals surface area (Å²) in [5.74, 6) is -0.241. The van der Waals surface area contributed by atoms with Gasteiger partial charge >= 0.3 is 0 Å². The molecule has 160 valence electrons. The Hall–Kier alpha value is -2.70. The lowest BCUT2D eigenvalue weighted by atomic mass is 9.97. The molecule has 0 radical (unpaired) electrons. The van der Waals surface area contributed by atoms with Gasteiger partial charge in [0.1, 0.15) is 0 Å². The highest BCUT2D eigenvalue weighted by Crippen LogP contribution is 2.21. The minimum atomic E-state index is -0.241. The Kier molecular flexibility index (Phi) is 6.68. The van der Waals surface area contributed by atoms with E-state index in [-0.39, 0.29) is 11.5 Å². The highest BCUT2D eigenvalue weighted by Gasteiger charge is 2.12. The fourth-order valence-corrected chi connectivity index (χ4v) is 4.39. The van der Waals surface area contributed by atoms with Crippen LogP contribution in [0.25, 0.3) is 10.9 Å². The number of hydrogen-bond acceptors (Lipinski definition) is 3. The number of hydrogen-bond donors (Lipinski definition) is 2. The monoisotopic (exact) mass is 453 g/mol. The lowest BCUT2D eigenvalue weighted by Gasteiger charge is -2.14. The van der Waals surface area contributed by atoms with Crippen LogP contribution in [0.15, 0.2) is 58.9 Å². The zero-order valence-corrected chi connectivity index (χ0v) is 18.7. The number of carbonyl (C=O) groups excluding carboxylic acids is 1. The second-order valence-corrected chi connectivity index (χ2v) is 8.57. The van der Waals surface area contributed by atoms with Crippen molar-refractivity contribution in [2.45, 2.75) is 45.2 Å². The standard InChI is InChI=1S/C24H24ClN3O2S/c25-20-9-5-4-8-18(20)15-26-22(29)17-10-11-19-21(14-17)27-24(31)28(23(19)30)13-12-16-6-2-1-3-7-16/h4-6,8-11,14H,1-3,7,12-13,15H2,(H,26,29)(H,27,31). The third kappa shape index (κ3) is 4.97. The Morgan fingerprint density at radius 2 is 2.03 bits per heavy atom. The highest BCUT2D eigenvalue weighted by molar-refractivity contribution is 7.71. The van der Waals surface area contributed by atoms with Crippen LogP contribution >= 0.6 is 23.8 Å². The van der Waals surface area contributed by atoms with Crippen molar-refractivity contribution in [1.82, 2.24) is 14.9 Å². The van der Waals surface area contributed by atoms with E-state index < -0.39 is 0 Å². The van der Waals surface area contributed by atoms with Gasteiger partial charge in [-0.15, -0.1) is 0 Å². The van der Waals surface area contributed by atoms with Crippen LogP contribution in [0.1, 0.15) is 48.0 Å². The lowest BCUT2D eigenvalue weighted by molar-refractivity contribution is 0.0951. The van der Waals surface area contributed by atoms with Crippen LogP contribution in [-0.4, -0.2) is 15.5 Å². The van der Waals surface area contributed by atoms with Gasteiger partial charge in [-0.2, -0.15) is 0 Å². The molecule has 0 aliphatic heterocycles. The van der Waals surface area contributed by atoms with Gasteiger partial charge in [-0.25, -0.2) is 0 Å². The van der Waals surface area contributed by atoms with E-state index in [0.717, 1.165) is 24.8 Å². The van der Waals surface area contributed by atoms with Crippen LogP contribution in [0, 0.1) is 4.77 Å². The predicted molar refractivity (Wildman–Crippen MR) is 127 cm³/mol. The van der Waals surface area contributed by atoms with E-state index >= 15 is 0 Å². The summed E-state index contributed by atoms with van der Waals surface area (Å²) in [4.78, 5) is 28.7. The van der Waals surface area contributed by atoms with E-state index in [9.17, 15) is 9.59 Å². The fraction of sp³-hybridized carbons (Fsp3) is 0.292. The van der Waals surface area contributed by atoms with Crippen molar-refractivity contribution in [2.24, 2.45) is 0 Å². The molecular weight excluding hydrogens is 430 g/mol. The molecule has 31 heavy (non-hydrogen) atoms. The summed E-state index contributed by atoms with van der Waals surface area (Å²) < 4.78 is 1.99. The molecule has 4 rings (SSSR count). The Morgan fingerprint density at radius 1 is 1.19 bits per heavy atom. The maximum Gasteiger partial charge on any atom is 0.262 e. The molecule has 1 amide bonds. The van der Waals surface area contributed by atoms with Crippen molar-refractivity contribution in [3.63, 3.8) is 0 Å². The maximum absolute atomic E-state index is 13.0. The molecule has 1 aliphatic rings. The first-order valence-electron chi connectivity index (χ1n) is 10.5. The van der Waals surface area contributed by atoms with Gasteiger partial charge in [0, 0.05) is 23.7 Å². The summed E-state index contributed by atoms with van der Waals surface area (Å²) in [5, 5.41) is 3.99. The smallest absolute Gasteiger partial charge is 0.262 e. The van der Waals surface area contributed by atoms with Gasteiger partial charge in [0.25, 0.3) is 11.5 Å². The number of carbonyl (C=O) groups is 1. The summed E-state index contributed by atoms with van der Waals surface area (Å²) >= 11 is 11.6. The van der Waals surface area contributed by atoms with Crippen LogP contribution in [0.2, 0.25) is 5.02 Å². The molecule has 0 unspecified atom stereocenters. The molecule has 1 heterocycles. The van der Waals surface area contributed by atoms with Gasteiger partial charge in [-0.05, 0) is 74.2 Å². The van der Waals surface area contributed by atoms with E-state index in [1.807, 2.05) is 18.2 Å². The molecule has 2 aromatic carbocycles. The summed E-state index contributed by atoms with van der Waals surface area (Å²) in [6.45, 7) is 0.889. The van der Waals surface area contributed by atoms with Crippen molar-refractivity contribution in [1.29, 1.82) is 0 Å². The van der Waals surface area contributed by atoms with Gasteiger partial charge in [-0.3, -0.25) is 14.2 Å². The Labute approximate surface area is 190 Å².